The summed E-state index contributed by atoms with van der Waals surface area (Å²) in [5.41, 5.74) is 5.87. The lowest BCUT2D eigenvalue weighted by Crippen LogP contribution is -2.57. The Hall–Kier alpha value is -0.650. The zero-order valence-corrected chi connectivity index (χ0v) is 13.6. The number of nitrogens with one attached hydrogen (secondary N) is 1. The maximum atomic E-state index is 11.9. The largest absolute Gasteiger partial charge is 0.381 e. The molecule has 1 saturated carbocycles. The minimum Gasteiger partial charge on any atom is -0.381 e. The first-order chi connectivity index (χ1) is 10.1. The summed E-state index contributed by atoms with van der Waals surface area (Å²) in [5.74, 6) is 0.0862. The third kappa shape index (κ3) is 4.41. The molecule has 1 unspecified atom stereocenters. The van der Waals surface area contributed by atoms with Gasteiger partial charge < -0.3 is 15.8 Å². The number of piperidine rings is 1. The Balaban J connectivity index is 1.89. The van der Waals surface area contributed by atoms with E-state index in [1.54, 1.807) is 7.11 Å². The topological polar surface area (TPSA) is 67.6 Å². The second kappa shape index (κ2) is 7.56. The summed E-state index contributed by atoms with van der Waals surface area (Å²) >= 11 is 0. The van der Waals surface area contributed by atoms with Gasteiger partial charge in [-0.3, -0.25) is 9.69 Å². The van der Waals surface area contributed by atoms with Crippen molar-refractivity contribution in [2.24, 2.45) is 5.73 Å². The van der Waals surface area contributed by atoms with Crippen LogP contribution in [0.3, 0.4) is 0 Å². The number of hydrogen-bond donors (Lipinski definition) is 2. The van der Waals surface area contributed by atoms with Crippen LogP contribution in [0, 0.1) is 0 Å². The zero-order valence-electron chi connectivity index (χ0n) is 13.6. The van der Waals surface area contributed by atoms with Crippen molar-refractivity contribution in [3.8, 4) is 0 Å². The summed E-state index contributed by atoms with van der Waals surface area (Å²) in [5, 5.41) is 3.13. The molecule has 0 bridgehead atoms. The fraction of sp³-hybridized carbons (Fsp3) is 0.938. The Morgan fingerprint density at radius 1 is 1.38 bits per heavy atom. The molecule has 0 radical (unpaired) electrons. The van der Waals surface area contributed by atoms with Gasteiger partial charge in [0.05, 0.1) is 6.10 Å². The molecule has 5 nitrogen and oxygen atoms in total. The predicted molar refractivity (Wildman–Crippen MR) is 84.1 cm³/mol. The molecule has 5 heteroatoms. The van der Waals surface area contributed by atoms with Gasteiger partial charge in [-0.05, 0) is 32.6 Å². The first kappa shape index (κ1) is 16.7. The molecule has 1 saturated heterocycles. The van der Waals surface area contributed by atoms with Crippen molar-refractivity contribution in [2.45, 2.75) is 69.6 Å². The van der Waals surface area contributed by atoms with Crippen molar-refractivity contribution in [2.75, 3.05) is 26.7 Å². The van der Waals surface area contributed by atoms with Crippen molar-refractivity contribution in [3.63, 3.8) is 0 Å². The maximum absolute atomic E-state index is 11.9. The van der Waals surface area contributed by atoms with Gasteiger partial charge in [-0.25, -0.2) is 0 Å². The van der Waals surface area contributed by atoms with E-state index in [2.05, 4.69) is 10.2 Å². The number of hydrogen-bond acceptors (Lipinski definition) is 4. The van der Waals surface area contributed by atoms with Crippen molar-refractivity contribution < 1.29 is 9.53 Å². The van der Waals surface area contributed by atoms with Crippen LogP contribution < -0.4 is 11.1 Å². The van der Waals surface area contributed by atoms with Crippen LogP contribution >= 0.6 is 0 Å². The fourth-order valence-electron chi connectivity index (χ4n) is 3.83. The third-order valence-corrected chi connectivity index (χ3v) is 5.10. The van der Waals surface area contributed by atoms with Gasteiger partial charge in [-0.2, -0.15) is 0 Å². The smallest absolute Gasteiger partial charge is 0.221 e. The lowest BCUT2D eigenvalue weighted by molar-refractivity contribution is -0.122. The number of nitrogens with zero attached hydrogens (tertiary/aromatic N) is 1. The quantitative estimate of drug-likeness (QED) is 0.774. The van der Waals surface area contributed by atoms with E-state index in [1.807, 2.05) is 6.92 Å². The second-order valence-corrected chi connectivity index (χ2v) is 6.81. The van der Waals surface area contributed by atoms with Crippen LogP contribution in [0.5, 0.6) is 0 Å². The van der Waals surface area contributed by atoms with Gasteiger partial charge in [0.1, 0.15) is 0 Å². The normalized spacial score (nSPS) is 24.9. The number of methoxy groups -OCH3 is 1. The van der Waals surface area contributed by atoms with Gasteiger partial charge in [-0.1, -0.05) is 12.8 Å². The highest BCUT2D eigenvalue weighted by Gasteiger charge is 2.41. The molecule has 0 aromatic heterocycles. The molecule has 2 aliphatic rings. The van der Waals surface area contributed by atoms with Crippen molar-refractivity contribution >= 4 is 5.91 Å². The van der Waals surface area contributed by atoms with Gasteiger partial charge in [-0.15, -0.1) is 0 Å². The number of likely N-dealkylation sites (tertiary alicyclic amines) is 1. The molecule has 0 aromatic carbocycles. The number of carbonyl (C=O) groups excluding carboxylic acids is 1. The molecule has 122 valence electrons. The van der Waals surface area contributed by atoms with Crippen LogP contribution in [0.1, 0.15) is 51.9 Å². The first-order valence-corrected chi connectivity index (χ1v) is 8.36. The van der Waals surface area contributed by atoms with Gasteiger partial charge in [0.25, 0.3) is 0 Å². The van der Waals surface area contributed by atoms with Crippen LogP contribution in [0.4, 0.5) is 0 Å². The monoisotopic (exact) mass is 297 g/mol. The Bertz CT molecular complexity index is 332. The fourth-order valence-corrected chi connectivity index (χ4v) is 3.83. The number of amides is 1. The van der Waals surface area contributed by atoms with E-state index in [0.717, 1.165) is 32.5 Å². The van der Waals surface area contributed by atoms with Crippen LogP contribution in [0.2, 0.25) is 0 Å². The van der Waals surface area contributed by atoms with E-state index in [9.17, 15) is 4.79 Å². The van der Waals surface area contributed by atoms with E-state index in [1.165, 1.54) is 25.7 Å². The molecular formula is C16H31N3O2. The van der Waals surface area contributed by atoms with E-state index in [0.29, 0.717) is 12.5 Å². The molecular weight excluding hydrogens is 266 g/mol. The Labute approximate surface area is 128 Å². The highest BCUT2D eigenvalue weighted by atomic mass is 16.5. The molecule has 2 rings (SSSR count). The molecule has 0 aromatic rings. The Morgan fingerprint density at radius 2 is 2.00 bits per heavy atom. The first-order valence-electron chi connectivity index (χ1n) is 8.36. The van der Waals surface area contributed by atoms with Gasteiger partial charge in [0.2, 0.25) is 5.91 Å². The number of ether oxygens (including phenoxy) is 1. The highest BCUT2D eigenvalue weighted by Crippen LogP contribution is 2.36. The Kier molecular flexibility index (Phi) is 6.02. The molecule has 1 aliphatic heterocycles. The molecule has 2 fully saturated rings. The van der Waals surface area contributed by atoms with Crippen molar-refractivity contribution in [3.05, 3.63) is 0 Å². The summed E-state index contributed by atoms with van der Waals surface area (Å²) in [6.45, 7) is 4.82. The lowest BCUT2D eigenvalue weighted by Gasteiger charge is -2.45. The van der Waals surface area contributed by atoms with Crippen LogP contribution in [-0.2, 0) is 9.53 Å². The molecule has 1 atom stereocenters. The summed E-state index contributed by atoms with van der Waals surface area (Å²) in [4.78, 5) is 14.5. The zero-order chi connectivity index (χ0) is 15.3. The minimum absolute atomic E-state index is 0.0676. The van der Waals surface area contributed by atoms with E-state index in [4.69, 9.17) is 10.5 Å². The Morgan fingerprint density at radius 3 is 2.52 bits per heavy atom. The van der Waals surface area contributed by atoms with E-state index >= 15 is 0 Å². The maximum Gasteiger partial charge on any atom is 0.221 e. The average Bonchev–Trinajstić information content (AvgIpc) is 2.95. The standard InChI is InChI=1S/C16H31N3O2/c1-13(17)11-15(20)18-12-16(7-3-4-8-16)19-9-5-14(21-2)6-10-19/h13-14H,3-12,17H2,1-2H3,(H,18,20). The molecule has 1 heterocycles. The third-order valence-electron chi connectivity index (χ3n) is 5.10. The van der Waals surface area contributed by atoms with Crippen LogP contribution in [-0.4, -0.2) is 55.2 Å². The average molecular weight is 297 g/mol. The van der Waals surface area contributed by atoms with Gasteiger partial charge >= 0.3 is 0 Å². The van der Waals surface area contributed by atoms with Crippen molar-refractivity contribution in [1.29, 1.82) is 0 Å². The summed E-state index contributed by atoms with van der Waals surface area (Å²) in [6, 6.07) is -0.0676. The molecule has 0 spiro atoms. The SMILES string of the molecule is COC1CCN(C2(CNC(=O)CC(C)N)CCCC2)CC1. The molecule has 21 heavy (non-hydrogen) atoms. The summed E-state index contributed by atoms with van der Waals surface area (Å²) in [6.07, 6.45) is 7.97. The van der Waals surface area contributed by atoms with Gasteiger partial charge in [0, 0.05) is 44.7 Å². The van der Waals surface area contributed by atoms with E-state index < -0.39 is 0 Å². The predicted octanol–water partition coefficient (Wildman–Crippen LogP) is 1.26. The molecule has 1 amide bonds. The highest BCUT2D eigenvalue weighted by molar-refractivity contribution is 5.76. The van der Waals surface area contributed by atoms with E-state index in [-0.39, 0.29) is 17.5 Å². The molecule has 1 aliphatic carbocycles. The summed E-state index contributed by atoms with van der Waals surface area (Å²) in [7, 11) is 1.81. The van der Waals surface area contributed by atoms with Crippen molar-refractivity contribution in [1.82, 2.24) is 10.2 Å². The molecule has 3 N–H and O–H groups in total. The van der Waals surface area contributed by atoms with Crippen LogP contribution in [0.15, 0.2) is 0 Å². The number of rotatable bonds is 6. The van der Waals surface area contributed by atoms with Gasteiger partial charge in [0.15, 0.2) is 0 Å². The number of carbonyl (C=O) groups is 1. The lowest BCUT2D eigenvalue weighted by atomic mass is 9.91. The second-order valence-electron chi connectivity index (χ2n) is 6.81. The van der Waals surface area contributed by atoms with Crippen LogP contribution in [0.25, 0.3) is 0 Å². The summed E-state index contributed by atoms with van der Waals surface area (Å²) < 4.78 is 5.47. The minimum atomic E-state index is -0.0676. The number of nitrogens with two attached hydrogens (primary N) is 1.